The van der Waals surface area contributed by atoms with Crippen LogP contribution in [0.4, 0.5) is 5.69 Å². The van der Waals surface area contributed by atoms with Crippen molar-refractivity contribution in [3.05, 3.63) is 29.3 Å². The van der Waals surface area contributed by atoms with Gasteiger partial charge in [-0.05, 0) is 43.6 Å². The molecule has 0 aliphatic carbocycles. The molecule has 0 atom stereocenters. The molecule has 1 aromatic rings. The molecule has 0 spiro atoms. The van der Waals surface area contributed by atoms with E-state index in [-0.39, 0.29) is 5.91 Å². The monoisotopic (exact) mass is 264 g/mol. The van der Waals surface area contributed by atoms with E-state index in [0.717, 1.165) is 25.1 Å². The van der Waals surface area contributed by atoms with E-state index < -0.39 is 0 Å². The SMILES string of the molecule is CNCCc1ccc2c(c1)CCC(=O)N2CCS. The van der Waals surface area contributed by atoms with Gasteiger partial charge in [-0.2, -0.15) is 12.6 Å². The highest BCUT2D eigenvalue weighted by molar-refractivity contribution is 7.80. The van der Waals surface area contributed by atoms with Crippen LogP contribution in [-0.4, -0.2) is 31.8 Å². The summed E-state index contributed by atoms with van der Waals surface area (Å²) in [6.45, 7) is 1.68. The predicted octanol–water partition coefficient (Wildman–Crippen LogP) is 1.66. The first-order valence-electron chi connectivity index (χ1n) is 6.44. The lowest BCUT2D eigenvalue weighted by molar-refractivity contribution is -0.118. The van der Waals surface area contributed by atoms with Crippen LogP contribution in [0.5, 0.6) is 0 Å². The fraction of sp³-hybridized carbons (Fsp3) is 0.500. The van der Waals surface area contributed by atoms with Gasteiger partial charge in [0.2, 0.25) is 5.91 Å². The van der Waals surface area contributed by atoms with Gasteiger partial charge in [0.15, 0.2) is 0 Å². The molecule has 0 aromatic heterocycles. The standard InChI is InChI=1S/C14H20N2OS/c1-15-7-6-11-2-4-13-12(10-11)3-5-14(17)16(13)8-9-18/h2,4,10,15,18H,3,5-9H2,1H3. The molecule has 0 saturated carbocycles. The van der Waals surface area contributed by atoms with Gasteiger partial charge >= 0.3 is 0 Å². The van der Waals surface area contributed by atoms with Crippen molar-refractivity contribution in [2.24, 2.45) is 0 Å². The van der Waals surface area contributed by atoms with Gasteiger partial charge in [0, 0.05) is 24.4 Å². The van der Waals surface area contributed by atoms with E-state index in [2.05, 4.69) is 36.1 Å². The minimum absolute atomic E-state index is 0.222. The van der Waals surface area contributed by atoms with Crippen molar-refractivity contribution in [3.63, 3.8) is 0 Å². The molecule has 3 nitrogen and oxygen atoms in total. The molecule has 2 rings (SSSR count). The number of nitrogens with zero attached hydrogens (tertiary/aromatic N) is 1. The second-order valence-electron chi connectivity index (χ2n) is 4.59. The third kappa shape index (κ3) is 2.87. The van der Waals surface area contributed by atoms with Crippen molar-refractivity contribution in [2.75, 3.05) is 30.8 Å². The molecule has 98 valence electrons. The van der Waals surface area contributed by atoms with Crippen molar-refractivity contribution in [3.8, 4) is 0 Å². The maximum atomic E-state index is 11.9. The van der Waals surface area contributed by atoms with E-state index >= 15 is 0 Å². The molecule has 1 aliphatic rings. The van der Waals surface area contributed by atoms with E-state index in [1.165, 1.54) is 11.1 Å². The van der Waals surface area contributed by atoms with Gasteiger partial charge < -0.3 is 10.2 Å². The molecular formula is C14H20N2OS. The average Bonchev–Trinajstić information content (AvgIpc) is 2.39. The first-order valence-corrected chi connectivity index (χ1v) is 7.07. The van der Waals surface area contributed by atoms with Crippen molar-refractivity contribution in [1.29, 1.82) is 0 Å². The summed E-state index contributed by atoms with van der Waals surface area (Å²) in [4.78, 5) is 13.8. The summed E-state index contributed by atoms with van der Waals surface area (Å²) in [7, 11) is 1.96. The molecule has 0 fully saturated rings. The summed E-state index contributed by atoms with van der Waals surface area (Å²) in [6.07, 6.45) is 2.52. The van der Waals surface area contributed by atoms with Crippen molar-refractivity contribution in [2.45, 2.75) is 19.3 Å². The normalized spacial score (nSPS) is 14.8. The number of nitrogens with one attached hydrogen (secondary N) is 1. The summed E-state index contributed by atoms with van der Waals surface area (Å²) < 4.78 is 0. The van der Waals surface area contributed by atoms with E-state index in [4.69, 9.17) is 0 Å². The second kappa shape index (κ2) is 6.25. The topological polar surface area (TPSA) is 32.3 Å². The number of rotatable bonds is 5. The molecule has 0 radical (unpaired) electrons. The largest absolute Gasteiger partial charge is 0.319 e. The number of hydrogen-bond acceptors (Lipinski definition) is 3. The van der Waals surface area contributed by atoms with Crippen LogP contribution in [0.2, 0.25) is 0 Å². The Balaban J connectivity index is 2.22. The van der Waals surface area contributed by atoms with Crippen LogP contribution >= 0.6 is 12.6 Å². The van der Waals surface area contributed by atoms with Crippen molar-refractivity contribution >= 4 is 24.2 Å². The Morgan fingerprint density at radius 3 is 2.94 bits per heavy atom. The number of benzene rings is 1. The zero-order valence-electron chi connectivity index (χ0n) is 10.8. The van der Waals surface area contributed by atoms with Gasteiger partial charge in [-0.1, -0.05) is 12.1 Å². The third-order valence-corrected chi connectivity index (χ3v) is 3.53. The number of amides is 1. The highest BCUT2D eigenvalue weighted by atomic mass is 32.1. The molecule has 0 saturated heterocycles. The second-order valence-corrected chi connectivity index (χ2v) is 5.03. The number of carbonyl (C=O) groups is 1. The first-order chi connectivity index (χ1) is 8.76. The fourth-order valence-corrected chi connectivity index (χ4v) is 2.58. The molecule has 0 bridgehead atoms. The average molecular weight is 264 g/mol. The van der Waals surface area contributed by atoms with E-state index in [1.807, 2.05) is 11.9 Å². The minimum Gasteiger partial charge on any atom is -0.319 e. The fourth-order valence-electron chi connectivity index (χ4n) is 2.38. The number of thiol groups is 1. The van der Waals surface area contributed by atoms with E-state index in [1.54, 1.807) is 0 Å². The number of anilines is 1. The zero-order chi connectivity index (χ0) is 13.0. The number of fused-ring (bicyclic) bond motifs is 1. The Hall–Kier alpha value is -1.00. The maximum Gasteiger partial charge on any atom is 0.227 e. The summed E-state index contributed by atoms with van der Waals surface area (Å²) >= 11 is 4.23. The maximum absolute atomic E-state index is 11.9. The molecule has 1 amide bonds. The van der Waals surface area contributed by atoms with Gasteiger partial charge in [-0.15, -0.1) is 0 Å². The van der Waals surface area contributed by atoms with Crippen molar-refractivity contribution in [1.82, 2.24) is 5.32 Å². The molecule has 1 heterocycles. The molecule has 1 N–H and O–H groups in total. The van der Waals surface area contributed by atoms with Crippen LogP contribution < -0.4 is 10.2 Å². The van der Waals surface area contributed by atoms with Crippen LogP contribution in [0.1, 0.15) is 17.5 Å². The van der Waals surface area contributed by atoms with Gasteiger partial charge in [-0.25, -0.2) is 0 Å². The summed E-state index contributed by atoms with van der Waals surface area (Å²) in [5.41, 5.74) is 3.71. The Bertz CT molecular complexity index is 434. The number of carbonyl (C=O) groups excluding carboxylic acids is 1. The molecule has 18 heavy (non-hydrogen) atoms. The summed E-state index contributed by atoms with van der Waals surface area (Å²) in [5.74, 6) is 0.923. The summed E-state index contributed by atoms with van der Waals surface area (Å²) in [6, 6.07) is 6.45. The quantitative estimate of drug-likeness (QED) is 0.793. The van der Waals surface area contributed by atoms with Crippen LogP contribution in [0.3, 0.4) is 0 Å². The minimum atomic E-state index is 0.222. The van der Waals surface area contributed by atoms with Crippen LogP contribution in [0.25, 0.3) is 0 Å². The van der Waals surface area contributed by atoms with Crippen LogP contribution in [-0.2, 0) is 17.6 Å². The third-order valence-electron chi connectivity index (χ3n) is 3.33. The smallest absolute Gasteiger partial charge is 0.227 e. The molecule has 1 aliphatic heterocycles. The predicted molar refractivity (Wildman–Crippen MR) is 78.6 cm³/mol. The summed E-state index contributed by atoms with van der Waals surface area (Å²) in [5, 5.41) is 3.16. The van der Waals surface area contributed by atoms with Gasteiger partial charge in [0.25, 0.3) is 0 Å². The Morgan fingerprint density at radius 1 is 1.39 bits per heavy atom. The Kier molecular flexibility index (Phi) is 4.66. The van der Waals surface area contributed by atoms with E-state index in [0.29, 0.717) is 18.7 Å². The lowest BCUT2D eigenvalue weighted by Gasteiger charge is -2.29. The Morgan fingerprint density at radius 2 is 2.22 bits per heavy atom. The molecule has 1 aromatic carbocycles. The molecular weight excluding hydrogens is 244 g/mol. The molecule has 4 heteroatoms. The Labute approximate surface area is 114 Å². The van der Waals surface area contributed by atoms with Crippen molar-refractivity contribution < 1.29 is 4.79 Å². The first kappa shape index (κ1) is 13.4. The van der Waals surface area contributed by atoms with Gasteiger partial charge in [-0.3, -0.25) is 4.79 Å². The zero-order valence-corrected chi connectivity index (χ0v) is 11.7. The lowest BCUT2D eigenvalue weighted by Crippen LogP contribution is -2.36. The number of hydrogen-bond donors (Lipinski definition) is 2. The van der Waals surface area contributed by atoms with Crippen LogP contribution in [0.15, 0.2) is 18.2 Å². The van der Waals surface area contributed by atoms with Gasteiger partial charge in [0.1, 0.15) is 0 Å². The highest BCUT2D eigenvalue weighted by Gasteiger charge is 2.23. The lowest BCUT2D eigenvalue weighted by atomic mass is 9.97. The van der Waals surface area contributed by atoms with E-state index in [9.17, 15) is 4.79 Å². The highest BCUT2D eigenvalue weighted by Crippen LogP contribution is 2.28. The molecule has 0 unspecified atom stereocenters. The number of likely N-dealkylation sites (N-methyl/N-ethyl adjacent to an activating group) is 1. The van der Waals surface area contributed by atoms with Gasteiger partial charge in [0.05, 0.1) is 0 Å². The number of aryl methyl sites for hydroxylation is 1. The van der Waals surface area contributed by atoms with Crippen LogP contribution in [0, 0.1) is 0 Å².